The summed E-state index contributed by atoms with van der Waals surface area (Å²) >= 11 is 0. The molecule has 2 unspecified atom stereocenters. The third kappa shape index (κ3) is 9.07. The Bertz CT molecular complexity index is 1240. The second kappa shape index (κ2) is 13.3. The molecule has 208 valence electrons. The summed E-state index contributed by atoms with van der Waals surface area (Å²) in [6.07, 6.45) is 4.56. The summed E-state index contributed by atoms with van der Waals surface area (Å²) in [5.41, 5.74) is 7.24. The molecule has 0 spiro atoms. The number of alkyl carbamates (subject to hydrolysis) is 1. The van der Waals surface area contributed by atoms with Crippen molar-refractivity contribution in [3.63, 3.8) is 0 Å². The first-order valence-corrected chi connectivity index (χ1v) is 12.3. The highest BCUT2D eigenvalue weighted by Gasteiger charge is 2.36. The number of benzene rings is 2. The fraction of sp³-hybridized carbons (Fsp3) is 0.379. The molecular weight excluding hydrogens is 500 g/mol. The SMILES string of the molecule is C#CN(C(=O)C(CCC(N)=O)NC(=O)OC(C)(C)C)C(C(=O)Nc1ccc(OC)cc1)c1ccc(C)c(C)c1. The second-order valence-electron chi connectivity index (χ2n) is 10.0. The Balaban J connectivity index is 2.49. The first-order valence-electron chi connectivity index (χ1n) is 12.3. The predicted octanol–water partition coefficient (Wildman–Crippen LogP) is 3.57. The van der Waals surface area contributed by atoms with Crippen LogP contribution in [0, 0.1) is 26.3 Å². The molecule has 0 bridgehead atoms. The van der Waals surface area contributed by atoms with Crippen molar-refractivity contribution in [1.82, 2.24) is 10.2 Å². The average Bonchev–Trinajstić information content (AvgIpc) is 2.85. The van der Waals surface area contributed by atoms with E-state index in [-0.39, 0.29) is 12.8 Å². The molecule has 2 rings (SSSR count). The van der Waals surface area contributed by atoms with E-state index in [4.69, 9.17) is 21.6 Å². The molecular formula is C29H36N4O6. The molecule has 0 saturated heterocycles. The van der Waals surface area contributed by atoms with Gasteiger partial charge < -0.3 is 25.8 Å². The number of amides is 4. The summed E-state index contributed by atoms with van der Waals surface area (Å²) in [6, 6.07) is 11.7. The highest BCUT2D eigenvalue weighted by atomic mass is 16.6. The number of carbonyl (C=O) groups is 4. The van der Waals surface area contributed by atoms with Crippen LogP contribution in [0.1, 0.15) is 56.3 Å². The van der Waals surface area contributed by atoms with Crippen LogP contribution in [0.2, 0.25) is 0 Å². The summed E-state index contributed by atoms with van der Waals surface area (Å²) in [5.74, 6) is -1.43. The Morgan fingerprint density at radius 1 is 1.05 bits per heavy atom. The largest absolute Gasteiger partial charge is 0.497 e. The van der Waals surface area contributed by atoms with Crippen molar-refractivity contribution < 1.29 is 28.7 Å². The number of terminal acetylenes is 1. The van der Waals surface area contributed by atoms with Gasteiger partial charge in [0.2, 0.25) is 5.91 Å². The molecule has 39 heavy (non-hydrogen) atoms. The van der Waals surface area contributed by atoms with Crippen molar-refractivity contribution in [2.24, 2.45) is 5.73 Å². The maximum Gasteiger partial charge on any atom is 0.408 e. The van der Waals surface area contributed by atoms with E-state index in [1.165, 1.54) is 7.11 Å². The van der Waals surface area contributed by atoms with E-state index in [1.807, 2.05) is 19.9 Å². The van der Waals surface area contributed by atoms with Gasteiger partial charge in [-0.3, -0.25) is 19.3 Å². The van der Waals surface area contributed by atoms with E-state index in [0.29, 0.717) is 17.0 Å². The third-order valence-electron chi connectivity index (χ3n) is 5.76. The van der Waals surface area contributed by atoms with Crippen LogP contribution in [-0.4, -0.2) is 47.5 Å². The van der Waals surface area contributed by atoms with Gasteiger partial charge in [0.1, 0.15) is 23.4 Å². The van der Waals surface area contributed by atoms with Gasteiger partial charge >= 0.3 is 6.09 Å². The van der Waals surface area contributed by atoms with Gasteiger partial charge in [0.25, 0.3) is 11.8 Å². The Morgan fingerprint density at radius 2 is 1.69 bits per heavy atom. The minimum atomic E-state index is -1.29. The Kier molecular flexibility index (Phi) is 10.5. The van der Waals surface area contributed by atoms with E-state index >= 15 is 0 Å². The molecule has 0 aliphatic rings. The molecule has 0 fully saturated rings. The van der Waals surface area contributed by atoms with Gasteiger partial charge in [-0.1, -0.05) is 24.6 Å². The molecule has 0 saturated carbocycles. The quantitative estimate of drug-likeness (QED) is 0.313. The molecule has 10 heteroatoms. The monoisotopic (exact) mass is 536 g/mol. The van der Waals surface area contributed by atoms with Crippen LogP contribution in [0.15, 0.2) is 42.5 Å². The van der Waals surface area contributed by atoms with Crippen molar-refractivity contribution in [2.75, 3.05) is 12.4 Å². The lowest BCUT2D eigenvalue weighted by atomic mass is 9.98. The lowest BCUT2D eigenvalue weighted by molar-refractivity contribution is -0.137. The van der Waals surface area contributed by atoms with Crippen LogP contribution < -0.4 is 21.1 Å². The van der Waals surface area contributed by atoms with E-state index in [2.05, 4.69) is 16.7 Å². The fourth-order valence-electron chi connectivity index (χ4n) is 3.66. The topological polar surface area (TPSA) is 140 Å². The molecule has 0 heterocycles. The van der Waals surface area contributed by atoms with Gasteiger partial charge in [-0.25, -0.2) is 4.79 Å². The molecule has 4 N–H and O–H groups in total. The number of hydrogen-bond acceptors (Lipinski definition) is 6. The summed E-state index contributed by atoms with van der Waals surface area (Å²) in [7, 11) is 1.53. The standard InChI is InChI=1S/C29H36N4O6/c1-8-33(27(36)23(15-16-24(30)34)32-28(37)39-29(4,5)6)25(20-10-9-18(2)19(3)17-20)26(35)31-21-11-13-22(38-7)14-12-21/h1,9-14,17,23,25H,15-16H2,2-7H3,(H2,30,34)(H,31,35)(H,32,37). The number of nitrogens with one attached hydrogen (secondary N) is 2. The predicted molar refractivity (Wildman–Crippen MR) is 148 cm³/mol. The van der Waals surface area contributed by atoms with Gasteiger partial charge in [0, 0.05) is 18.2 Å². The van der Waals surface area contributed by atoms with Gasteiger partial charge in [0.05, 0.1) is 7.11 Å². The summed E-state index contributed by atoms with van der Waals surface area (Å²) < 4.78 is 10.4. The number of ether oxygens (including phenoxy) is 2. The van der Waals surface area contributed by atoms with Crippen LogP contribution in [0.4, 0.5) is 10.5 Å². The van der Waals surface area contributed by atoms with Gasteiger partial charge in [-0.2, -0.15) is 0 Å². The number of nitrogens with two attached hydrogens (primary N) is 1. The summed E-state index contributed by atoms with van der Waals surface area (Å²) in [6.45, 7) is 8.79. The first-order chi connectivity index (χ1) is 18.2. The molecule has 0 radical (unpaired) electrons. The van der Waals surface area contributed by atoms with Crippen LogP contribution in [-0.2, 0) is 19.1 Å². The number of hydrogen-bond donors (Lipinski definition) is 3. The highest BCUT2D eigenvalue weighted by molar-refractivity contribution is 5.99. The van der Waals surface area contributed by atoms with Gasteiger partial charge in [-0.05, 0) is 82.0 Å². The van der Waals surface area contributed by atoms with Crippen LogP contribution >= 0.6 is 0 Å². The Labute approximate surface area is 229 Å². The minimum Gasteiger partial charge on any atom is -0.497 e. The van der Waals surface area contributed by atoms with Crippen LogP contribution in [0.3, 0.4) is 0 Å². The minimum absolute atomic E-state index is 0.147. The van der Waals surface area contributed by atoms with E-state index < -0.39 is 41.5 Å². The summed E-state index contributed by atoms with van der Waals surface area (Å²) in [5, 5.41) is 5.26. The number of methoxy groups -OCH3 is 1. The van der Waals surface area contributed by atoms with Crippen molar-refractivity contribution in [3.8, 4) is 18.2 Å². The van der Waals surface area contributed by atoms with E-state index in [0.717, 1.165) is 16.0 Å². The number of carbonyl (C=O) groups excluding carboxylic acids is 4. The number of nitrogens with zero attached hydrogens (tertiary/aromatic N) is 1. The van der Waals surface area contributed by atoms with Crippen molar-refractivity contribution in [1.29, 1.82) is 0 Å². The normalized spacial score (nSPS) is 12.3. The maximum atomic E-state index is 13.8. The van der Waals surface area contributed by atoms with E-state index in [1.54, 1.807) is 57.2 Å². The molecule has 0 aliphatic heterocycles. The molecule has 0 aliphatic carbocycles. The average molecular weight is 537 g/mol. The summed E-state index contributed by atoms with van der Waals surface area (Å²) in [4.78, 5) is 52.3. The van der Waals surface area contributed by atoms with Gasteiger partial charge in [-0.15, -0.1) is 0 Å². The third-order valence-corrected chi connectivity index (χ3v) is 5.76. The zero-order chi connectivity index (χ0) is 29.3. The first kappa shape index (κ1) is 30.7. The highest BCUT2D eigenvalue weighted by Crippen LogP contribution is 2.27. The molecule has 2 aromatic carbocycles. The molecule has 4 amide bonds. The molecule has 2 atom stereocenters. The number of aryl methyl sites for hydroxylation is 2. The smallest absolute Gasteiger partial charge is 0.408 e. The van der Waals surface area contributed by atoms with Crippen LogP contribution in [0.25, 0.3) is 0 Å². The Morgan fingerprint density at radius 3 is 2.21 bits per heavy atom. The maximum absolute atomic E-state index is 13.8. The lowest BCUT2D eigenvalue weighted by Gasteiger charge is -2.30. The van der Waals surface area contributed by atoms with Crippen molar-refractivity contribution in [3.05, 3.63) is 59.2 Å². The van der Waals surface area contributed by atoms with Gasteiger partial charge in [0.15, 0.2) is 0 Å². The zero-order valence-electron chi connectivity index (χ0n) is 23.2. The van der Waals surface area contributed by atoms with E-state index in [9.17, 15) is 19.2 Å². The molecule has 10 nitrogen and oxygen atoms in total. The number of anilines is 1. The number of rotatable bonds is 10. The van der Waals surface area contributed by atoms with Crippen molar-refractivity contribution in [2.45, 2.75) is 65.1 Å². The zero-order valence-corrected chi connectivity index (χ0v) is 23.2. The Hall–Kier alpha value is -4.52. The number of primary amides is 1. The van der Waals surface area contributed by atoms with Crippen LogP contribution in [0.5, 0.6) is 5.75 Å². The molecule has 2 aromatic rings. The lowest BCUT2D eigenvalue weighted by Crippen LogP contribution is -2.51. The molecule has 0 aromatic heterocycles. The fourth-order valence-corrected chi connectivity index (χ4v) is 3.66. The second-order valence-corrected chi connectivity index (χ2v) is 10.0. The van der Waals surface area contributed by atoms with Crippen molar-refractivity contribution >= 4 is 29.5 Å².